The first kappa shape index (κ1) is 6.99. The number of hydrogen-bond donors (Lipinski definition) is 0. The zero-order valence-electron chi connectivity index (χ0n) is 5.83. The number of hydrogen-bond acceptors (Lipinski definition) is 3. The van der Waals surface area contributed by atoms with Crippen LogP contribution in [0.3, 0.4) is 0 Å². The Balaban J connectivity index is 2.63. The van der Waals surface area contributed by atoms with Gasteiger partial charge in [-0.15, -0.1) is 0 Å². The molecular weight excluding hydrogens is 130 g/mol. The smallest absolute Gasteiger partial charge is 0.356 e. The predicted octanol–water partition coefficient (Wildman–Crippen LogP) is 0.560. The van der Waals surface area contributed by atoms with Gasteiger partial charge in [-0.3, -0.25) is 4.99 Å². The van der Waals surface area contributed by atoms with Gasteiger partial charge >= 0.3 is 5.97 Å². The summed E-state index contributed by atoms with van der Waals surface area (Å²) >= 11 is 0. The summed E-state index contributed by atoms with van der Waals surface area (Å²) in [6.07, 6.45) is 4.52. The quantitative estimate of drug-likeness (QED) is 0.498. The molecule has 0 N–H and O–H groups in total. The first-order chi connectivity index (χ1) is 4.84. The van der Waals surface area contributed by atoms with Crippen LogP contribution in [0.15, 0.2) is 17.1 Å². The second-order valence-corrected chi connectivity index (χ2v) is 1.95. The molecule has 0 bridgehead atoms. The predicted molar refractivity (Wildman–Crippen MR) is 38.1 cm³/mol. The monoisotopic (exact) mass is 139 g/mol. The molecule has 0 fully saturated rings. The number of dihydropyridines is 1. The molecule has 54 valence electrons. The van der Waals surface area contributed by atoms with E-state index < -0.39 is 0 Å². The zero-order chi connectivity index (χ0) is 7.40. The lowest BCUT2D eigenvalue weighted by atomic mass is 10.2. The third-order valence-electron chi connectivity index (χ3n) is 1.25. The Labute approximate surface area is 59.4 Å². The molecule has 0 aromatic heterocycles. The maximum absolute atomic E-state index is 10.8. The molecule has 0 saturated heterocycles. The van der Waals surface area contributed by atoms with Crippen molar-refractivity contribution in [2.24, 2.45) is 4.99 Å². The lowest BCUT2D eigenvalue weighted by molar-refractivity contribution is -0.132. The van der Waals surface area contributed by atoms with E-state index in [-0.39, 0.29) is 5.97 Å². The van der Waals surface area contributed by atoms with E-state index in [1.807, 2.05) is 6.08 Å². The van der Waals surface area contributed by atoms with Gasteiger partial charge in [-0.2, -0.15) is 0 Å². The summed E-state index contributed by atoms with van der Waals surface area (Å²) in [4.78, 5) is 14.7. The lowest BCUT2D eigenvalue weighted by Gasteiger charge is -2.02. The van der Waals surface area contributed by atoms with Crippen molar-refractivity contribution in [2.45, 2.75) is 6.42 Å². The van der Waals surface area contributed by atoms with Crippen LogP contribution in [0.2, 0.25) is 0 Å². The third-order valence-corrected chi connectivity index (χ3v) is 1.25. The van der Waals surface area contributed by atoms with E-state index in [1.54, 1.807) is 6.08 Å². The summed E-state index contributed by atoms with van der Waals surface area (Å²) in [6, 6.07) is 0. The van der Waals surface area contributed by atoms with Crippen molar-refractivity contribution in [3.63, 3.8) is 0 Å². The van der Waals surface area contributed by atoms with Crippen molar-refractivity contribution in [1.29, 1.82) is 0 Å². The Bertz CT molecular complexity index is 194. The lowest BCUT2D eigenvalue weighted by Crippen LogP contribution is -2.15. The molecule has 1 rings (SSSR count). The molecule has 1 aliphatic heterocycles. The van der Waals surface area contributed by atoms with E-state index in [4.69, 9.17) is 0 Å². The fourth-order valence-corrected chi connectivity index (χ4v) is 0.744. The van der Waals surface area contributed by atoms with Gasteiger partial charge in [0.2, 0.25) is 0 Å². The number of rotatable bonds is 1. The van der Waals surface area contributed by atoms with Crippen LogP contribution in [-0.4, -0.2) is 25.3 Å². The summed E-state index contributed by atoms with van der Waals surface area (Å²) in [7, 11) is 1.35. The van der Waals surface area contributed by atoms with Gasteiger partial charge < -0.3 is 4.74 Å². The minimum Gasteiger partial charge on any atom is -0.464 e. The van der Waals surface area contributed by atoms with Crippen LogP contribution in [0, 0.1) is 0 Å². The van der Waals surface area contributed by atoms with Gasteiger partial charge in [0, 0.05) is 6.54 Å². The average Bonchev–Trinajstić information content (AvgIpc) is 2.05. The summed E-state index contributed by atoms with van der Waals surface area (Å²) in [5.41, 5.74) is 0.425. The normalized spacial score (nSPS) is 16.3. The molecular formula is C7H9NO2. The maximum atomic E-state index is 10.8. The Morgan fingerprint density at radius 3 is 3.10 bits per heavy atom. The molecule has 0 spiro atoms. The Hall–Kier alpha value is -1.12. The highest BCUT2D eigenvalue weighted by molar-refractivity contribution is 6.41. The maximum Gasteiger partial charge on any atom is 0.356 e. The van der Waals surface area contributed by atoms with Gasteiger partial charge in [-0.25, -0.2) is 4.79 Å². The van der Waals surface area contributed by atoms with Crippen LogP contribution in [0.4, 0.5) is 0 Å². The molecule has 0 aromatic rings. The van der Waals surface area contributed by atoms with Crippen molar-refractivity contribution in [3.05, 3.63) is 12.2 Å². The first-order valence-corrected chi connectivity index (χ1v) is 3.14. The van der Waals surface area contributed by atoms with Gasteiger partial charge in [0.25, 0.3) is 0 Å². The van der Waals surface area contributed by atoms with Crippen LogP contribution in [0.25, 0.3) is 0 Å². The molecule has 3 nitrogen and oxygen atoms in total. The van der Waals surface area contributed by atoms with E-state index in [9.17, 15) is 4.79 Å². The van der Waals surface area contributed by atoms with E-state index in [0.29, 0.717) is 12.3 Å². The number of methoxy groups -OCH3 is 1. The highest BCUT2D eigenvalue weighted by Crippen LogP contribution is 1.97. The number of ether oxygens (including phenoxy) is 1. The van der Waals surface area contributed by atoms with E-state index in [1.165, 1.54) is 7.11 Å². The van der Waals surface area contributed by atoms with Crippen LogP contribution in [0.5, 0.6) is 0 Å². The molecule has 1 aliphatic rings. The molecule has 0 aliphatic carbocycles. The largest absolute Gasteiger partial charge is 0.464 e. The zero-order valence-corrected chi connectivity index (χ0v) is 5.83. The summed E-state index contributed by atoms with van der Waals surface area (Å²) in [5, 5.41) is 0. The van der Waals surface area contributed by atoms with Gasteiger partial charge in [0.05, 0.1) is 7.11 Å². The average molecular weight is 139 g/mol. The molecule has 0 atom stereocenters. The number of carbonyl (C=O) groups excluding carboxylic acids is 1. The molecule has 0 radical (unpaired) electrons. The van der Waals surface area contributed by atoms with Crippen molar-refractivity contribution in [3.8, 4) is 0 Å². The van der Waals surface area contributed by atoms with Crippen molar-refractivity contribution >= 4 is 11.7 Å². The van der Waals surface area contributed by atoms with Crippen LogP contribution in [-0.2, 0) is 9.53 Å². The topological polar surface area (TPSA) is 38.7 Å². The minimum absolute atomic E-state index is 0.351. The molecule has 0 saturated carbocycles. The van der Waals surface area contributed by atoms with E-state index >= 15 is 0 Å². The molecule has 0 aromatic carbocycles. The minimum atomic E-state index is -0.351. The second-order valence-electron chi connectivity index (χ2n) is 1.95. The number of carbonyl (C=O) groups is 1. The number of nitrogens with zero attached hydrogens (tertiary/aromatic N) is 1. The Kier molecular flexibility index (Phi) is 2.20. The summed E-state index contributed by atoms with van der Waals surface area (Å²) in [5.74, 6) is -0.351. The van der Waals surface area contributed by atoms with E-state index in [2.05, 4.69) is 9.73 Å². The Morgan fingerprint density at radius 1 is 1.80 bits per heavy atom. The second kappa shape index (κ2) is 3.15. The Morgan fingerprint density at radius 2 is 2.60 bits per heavy atom. The third kappa shape index (κ3) is 1.43. The van der Waals surface area contributed by atoms with E-state index in [0.717, 1.165) is 6.42 Å². The first-order valence-electron chi connectivity index (χ1n) is 3.14. The molecule has 0 unspecified atom stereocenters. The fraction of sp³-hybridized carbons (Fsp3) is 0.429. The molecule has 3 heteroatoms. The number of esters is 1. The molecule has 0 amide bonds. The summed E-state index contributed by atoms with van der Waals surface area (Å²) < 4.78 is 4.47. The van der Waals surface area contributed by atoms with Crippen LogP contribution in [0.1, 0.15) is 6.42 Å². The van der Waals surface area contributed by atoms with Crippen molar-refractivity contribution < 1.29 is 9.53 Å². The standard InChI is InChI=1S/C7H9NO2/c1-10-7(9)6-4-2-3-5-8-6/h2,4H,3,5H2,1H3. The van der Waals surface area contributed by atoms with Gasteiger partial charge in [0.15, 0.2) is 0 Å². The van der Waals surface area contributed by atoms with Crippen molar-refractivity contribution in [2.75, 3.05) is 13.7 Å². The number of aliphatic imine (C=N–C) groups is 1. The van der Waals surface area contributed by atoms with Crippen LogP contribution < -0.4 is 0 Å². The highest BCUT2D eigenvalue weighted by Gasteiger charge is 2.08. The summed E-state index contributed by atoms with van der Waals surface area (Å²) in [6.45, 7) is 0.695. The fourth-order valence-electron chi connectivity index (χ4n) is 0.744. The SMILES string of the molecule is COC(=O)C1=NCCC=C1. The van der Waals surface area contributed by atoms with Crippen LogP contribution >= 0.6 is 0 Å². The van der Waals surface area contributed by atoms with Gasteiger partial charge in [-0.1, -0.05) is 6.08 Å². The van der Waals surface area contributed by atoms with Crippen molar-refractivity contribution in [1.82, 2.24) is 0 Å². The molecule has 1 heterocycles. The van der Waals surface area contributed by atoms with Gasteiger partial charge in [0.1, 0.15) is 5.71 Å². The van der Waals surface area contributed by atoms with Gasteiger partial charge in [-0.05, 0) is 12.5 Å². The molecule has 10 heavy (non-hydrogen) atoms. The highest BCUT2D eigenvalue weighted by atomic mass is 16.5.